The molecule has 0 aliphatic carbocycles. The van der Waals surface area contributed by atoms with Crippen molar-refractivity contribution >= 4 is 29.4 Å². The molecule has 10 heteroatoms. The molecule has 0 saturated heterocycles. The summed E-state index contributed by atoms with van der Waals surface area (Å²) in [5, 5.41) is 21.4. The maximum absolute atomic E-state index is 13.0. The number of phenols is 1. The summed E-state index contributed by atoms with van der Waals surface area (Å²) >= 11 is 0. The number of aromatic hydroxyl groups is 1. The molecule has 0 fully saturated rings. The Hall–Kier alpha value is -4.86. The van der Waals surface area contributed by atoms with E-state index in [0.29, 0.717) is 17.1 Å². The number of benzene rings is 3. The molecule has 0 bridgehead atoms. The van der Waals surface area contributed by atoms with Gasteiger partial charge in [0.15, 0.2) is 11.5 Å². The van der Waals surface area contributed by atoms with Crippen LogP contribution in [0, 0.1) is 0 Å². The van der Waals surface area contributed by atoms with E-state index in [9.17, 15) is 24.3 Å². The van der Waals surface area contributed by atoms with E-state index in [1.54, 1.807) is 18.2 Å². The highest BCUT2D eigenvalue weighted by Crippen LogP contribution is 2.34. The van der Waals surface area contributed by atoms with E-state index >= 15 is 0 Å². The van der Waals surface area contributed by atoms with Crippen LogP contribution in [0.5, 0.6) is 17.2 Å². The molecule has 2 aliphatic rings. The minimum Gasteiger partial charge on any atom is -0.506 e. The van der Waals surface area contributed by atoms with Gasteiger partial charge in [0, 0.05) is 5.56 Å². The Morgan fingerprint density at radius 1 is 0.882 bits per heavy atom. The number of phenolic OH excluding ortho intramolecular Hbond substituents is 1. The van der Waals surface area contributed by atoms with Crippen molar-refractivity contribution < 1.29 is 38.9 Å². The predicted molar refractivity (Wildman–Crippen MR) is 116 cm³/mol. The van der Waals surface area contributed by atoms with Crippen LogP contribution in [0.15, 0.2) is 54.6 Å². The lowest BCUT2D eigenvalue weighted by Gasteiger charge is -2.14. The minimum atomic E-state index is -1.22. The van der Waals surface area contributed by atoms with Crippen molar-refractivity contribution in [2.45, 2.75) is 6.54 Å². The summed E-state index contributed by atoms with van der Waals surface area (Å²) in [7, 11) is 0. The van der Waals surface area contributed by atoms with Gasteiger partial charge in [0.1, 0.15) is 5.75 Å². The largest absolute Gasteiger partial charge is 0.506 e. The van der Waals surface area contributed by atoms with Gasteiger partial charge >= 0.3 is 5.97 Å². The lowest BCUT2D eigenvalue weighted by molar-refractivity contribution is 0.0639. The SMILES string of the molecule is O=C(O)c1ccc(NC(=O)c2ccc3c(c2)C(=O)N(Cc2ccc4c(c2)OCO4)C3=O)c(O)c1. The molecular formula is C24H16N2O8. The van der Waals surface area contributed by atoms with Crippen LogP contribution in [0.2, 0.25) is 0 Å². The Kier molecular flexibility index (Phi) is 4.90. The Morgan fingerprint density at radius 3 is 2.38 bits per heavy atom. The van der Waals surface area contributed by atoms with E-state index in [-0.39, 0.29) is 41.3 Å². The van der Waals surface area contributed by atoms with Gasteiger partial charge in [-0.25, -0.2) is 4.79 Å². The zero-order valence-electron chi connectivity index (χ0n) is 17.4. The summed E-state index contributed by atoms with van der Waals surface area (Å²) in [5.41, 5.74) is 0.894. The van der Waals surface area contributed by atoms with E-state index in [1.165, 1.54) is 30.3 Å². The zero-order valence-corrected chi connectivity index (χ0v) is 17.4. The van der Waals surface area contributed by atoms with Crippen molar-refractivity contribution in [3.8, 4) is 17.2 Å². The van der Waals surface area contributed by atoms with Crippen LogP contribution < -0.4 is 14.8 Å². The molecule has 5 rings (SSSR count). The fourth-order valence-corrected chi connectivity index (χ4v) is 3.76. The second kappa shape index (κ2) is 7.93. The first-order valence-corrected chi connectivity index (χ1v) is 10.1. The third-order valence-electron chi connectivity index (χ3n) is 5.50. The van der Waals surface area contributed by atoms with Gasteiger partial charge in [0.05, 0.1) is 28.9 Å². The number of nitrogens with one attached hydrogen (secondary N) is 1. The zero-order chi connectivity index (χ0) is 24.0. The number of carboxylic acid groups (broad SMARTS) is 1. The molecule has 0 radical (unpaired) electrons. The Bertz CT molecular complexity index is 1400. The molecule has 170 valence electrons. The number of nitrogens with zero attached hydrogens (tertiary/aromatic N) is 1. The quantitative estimate of drug-likeness (QED) is 0.390. The summed E-state index contributed by atoms with van der Waals surface area (Å²) in [5.74, 6) is -2.18. The van der Waals surface area contributed by atoms with Crippen LogP contribution >= 0.6 is 0 Å². The molecule has 10 nitrogen and oxygen atoms in total. The van der Waals surface area contributed by atoms with Gasteiger partial charge in [-0.3, -0.25) is 19.3 Å². The van der Waals surface area contributed by atoms with Gasteiger partial charge in [-0.1, -0.05) is 6.07 Å². The molecule has 0 saturated carbocycles. The smallest absolute Gasteiger partial charge is 0.335 e. The summed E-state index contributed by atoms with van der Waals surface area (Å²) < 4.78 is 10.6. The van der Waals surface area contributed by atoms with Crippen molar-refractivity contribution in [2.75, 3.05) is 12.1 Å². The van der Waals surface area contributed by atoms with Gasteiger partial charge in [-0.15, -0.1) is 0 Å². The molecule has 0 atom stereocenters. The highest BCUT2D eigenvalue weighted by molar-refractivity contribution is 6.22. The van der Waals surface area contributed by atoms with Crippen molar-refractivity contribution in [3.63, 3.8) is 0 Å². The van der Waals surface area contributed by atoms with E-state index in [4.69, 9.17) is 14.6 Å². The number of imide groups is 1. The molecule has 34 heavy (non-hydrogen) atoms. The molecule has 3 amide bonds. The molecule has 3 N–H and O–H groups in total. The summed E-state index contributed by atoms with van der Waals surface area (Å²) in [6, 6.07) is 12.7. The van der Waals surface area contributed by atoms with Gasteiger partial charge < -0.3 is 25.0 Å². The van der Waals surface area contributed by atoms with Gasteiger partial charge in [0.25, 0.3) is 17.7 Å². The molecule has 0 spiro atoms. The number of ether oxygens (including phenoxy) is 2. The summed E-state index contributed by atoms with van der Waals surface area (Å²) in [4.78, 5) is 50.5. The van der Waals surface area contributed by atoms with Crippen molar-refractivity contribution in [3.05, 3.63) is 82.4 Å². The van der Waals surface area contributed by atoms with Gasteiger partial charge in [0.2, 0.25) is 6.79 Å². The number of carbonyl (C=O) groups excluding carboxylic acids is 3. The summed E-state index contributed by atoms with van der Waals surface area (Å²) in [6.07, 6.45) is 0. The first-order chi connectivity index (χ1) is 16.3. The second-order valence-corrected chi connectivity index (χ2v) is 7.64. The number of anilines is 1. The molecule has 0 unspecified atom stereocenters. The van der Waals surface area contributed by atoms with Crippen LogP contribution in [0.1, 0.15) is 47.0 Å². The fraction of sp³-hybridized carbons (Fsp3) is 0.0833. The number of carboxylic acids is 1. The molecule has 0 aromatic heterocycles. The molecular weight excluding hydrogens is 444 g/mol. The maximum atomic E-state index is 13.0. The number of carbonyl (C=O) groups is 4. The van der Waals surface area contributed by atoms with Crippen molar-refractivity contribution in [1.82, 2.24) is 4.90 Å². The van der Waals surface area contributed by atoms with Crippen LogP contribution in [0.4, 0.5) is 5.69 Å². The standard InChI is InChI=1S/C24H16N2O8/c27-18-9-14(24(31)32)3-5-17(18)25-21(28)13-2-4-15-16(8-13)23(30)26(22(15)29)10-12-1-6-19-20(7-12)34-11-33-19/h1-9,27H,10-11H2,(H,25,28)(H,31,32). The number of amides is 3. The second-order valence-electron chi connectivity index (χ2n) is 7.64. The number of rotatable bonds is 5. The average Bonchev–Trinajstić information content (AvgIpc) is 3.38. The van der Waals surface area contributed by atoms with Crippen LogP contribution in [0.3, 0.4) is 0 Å². The first kappa shape index (κ1) is 21.0. The number of aromatic carboxylic acids is 1. The number of hydrogen-bond acceptors (Lipinski definition) is 7. The molecule has 2 heterocycles. The highest BCUT2D eigenvalue weighted by Gasteiger charge is 2.36. The minimum absolute atomic E-state index is 0.00216. The first-order valence-electron chi connectivity index (χ1n) is 10.1. The van der Waals surface area contributed by atoms with Crippen LogP contribution in [-0.2, 0) is 6.54 Å². The van der Waals surface area contributed by atoms with Gasteiger partial charge in [-0.2, -0.15) is 0 Å². The molecule has 3 aromatic rings. The normalized spacial score (nSPS) is 13.7. The van der Waals surface area contributed by atoms with E-state index in [1.807, 2.05) is 0 Å². The lowest BCUT2D eigenvalue weighted by atomic mass is 10.1. The van der Waals surface area contributed by atoms with Gasteiger partial charge in [-0.05, 0) is 54.1 Å². The average molecular weight is 460 g/mol. The summed E-state index contributed by atoms with van der Waals surface area (Å²) in [6.45, 7) is 0.131. The maximum Gasteiger partial charge on any atom is 0.335 e. The Morgan fingerprint density at radius 2 is 1.62 bits per heavy atom. The third-order valence-corrected chi connectivity index (χ3v) is 5.50. The topological polar surface area (TPSA) is 142 Å². The van der Waals surface area contributed by atoms with Crippen molar-refractivity contribution in [2.24, 2.45) is 0 Å². The van der Waals surface area contributed by atoms with Crippen LogP contribution in [0.25, 0.3) is 0 Å². The van der Waals surface area contributed by atoms with Crippen LogP contribution in [-0.4, -0.2) is 45.6 Å². The monoisotopic (exact) mass is 460 g/mol. The fourth-order valence-electron chi connectivity index (χ4n) is 3.76. The number of hydrogen-bond donors (Lipinski definition) is 3. The van der Waals surface area contributed by atoms with E-state index in [0.717, 1.165) is 11.0 Å². The Labute approximate surface area is 191 Å². The Balaban J connectivity index is 1.35. The molecule has 3 aromatic carbocycles. The predicted octanol–water partition coefficient (Wildman–Crippen LogP) is 2.87. The molecule has 2 aliphatic heterocycles. The van der Waals surface area contributed by atoms with Crippen molar-refractivity contribution in [1.29, 1.82) is 0 Å². The van der Waals surface area contributed by atoms with E-state index < -0.39 is 29.4 Å². The van der Waals surface area contributed by atoms with E-state index in [2.05, 4.69) is 5.32 Å². The number of fused-ring (bicyclic) bond motifs is 2. The highest BCUT2D eigenvalue weighted by atomic mass is 16.7. The third kappa shape index (κ3) is 3.56. The lowest BCUT2D eigenvalue weighted by Crippen LogP contribution is -2.29.